The van der Waals surface area contributed by atoms with Gasteiger partial charge in [0.2, 0.25) is 11.8 Å². The minimum Gasteiger partial charge on any atom is -0.478 e. The molecule has 0 saturated heterocycles. The predicted octanol–water partition coefficient (Wildman–Crippen LogP) is 2.30. The number of nitrogens with zero attached hydrogens (tertiary/aromatic N) is 1. The van der Waals surface area contributed by atoms with Crippen molar-refractivity contribution in [2.75, 3.05) is 22.1 Å². The first-order valence-corrected chi connectivity index (χ1v) is 8.45. The summed E-state index contributed by atoms with van der Waals surface area (Å²) in [6, 6.07) is 6.32. The van der Waals surface area contributed by atoms with Crippen LogP contribution in [0, 0.1) is 13.8 Å². The number of thioether (sulfide) groups is 1. The normalized spacial score (nSPS) is 10.3. The largest absolute Gasteiger partial charge is 0.478 e. The van der Waals surface area contributed by atoms with Crippen molar-refractivity contribution < 1.29 is 24.0 Å². The molecule has 0 bridgehead atoms. The second-order valence-corrected chi connectivity index (χ2v) is 6.25. The number of anilines is 2. The quantitative estimate of drug-likeness (QED) is 0.690. The molecule has 2 rings (SSSR count). The lowest BCUT2D eigenvalue weighted by Crippen LogP contribution is -2.19. The molecule has 0 aliphatic rings. The molecule has 0 unspecified atom stereocenters. The molecule has 1 aromatic carbocycles. The van der Waals surface area contributed by atoms with Gasteiger partial charge in [0, 0.05) is 6.07 Å². The van der Waals surface area contributed by atoms with Crippen LogP contribution in [0.5, 0.6) is 0 Å². The number of carbonyl (C=O) groups excluding carboxylic acids is 2. The molecule has 9 heteroatoms. The summed E-state index contributed by atoms with van der Waals surface area (Å²) in [4.78, 5) is 34.9. The van der Waals surface area contributed by atoms with Crippen molar-refractivity contribution in [3.63, 3.8) is 0 Å². The molecule has 2 aromatic rings. The van der Waals surface area contributed by atoms with E-state index in [2.05, 4.69) is 15.8 Å². The van der Waals surface area contributed by atoms with Gasteiger partial charge in [0.05, 0.1) is 22.8 Å². The van der Waals surface area contributed by atoms with Crippen LogP contribution >= 0.6 is 11.8 Å². The SMILES string of the molecule is Cc1ccc(NC(=O)CSCC(=O)Nc2cc(C)on2)c(C(=O)O)c1. The molecule has 0 saturated carbocycles. The molecule has 0 aliphatic carbocycles. The maximum Gasteiger partial charge on any atom is 0.337 e. The van der Waals surface area contributed by atoms with Gasteiger partial charge >= 0.3 is 5.97 Å². The molecule has 1 heterocycles. The molecule has 25 heavy (non-hydrogen) atoms. The fourth-order valence-electron chi connectivity index (χ4n) is 1.97. The Morgan fingerprint density at radius 3 is 2.40 bits per heavy atom. The number of aryl methyl sites for hydroxylation is 2. The highest BCUT2D eigenvalue weighted by Crippen LogP contribution is 2.18. The molecule has 0 radical (unpaired) electrons. The van der Waals surface area contributed by atoms with Crippen molar-refractivity contribution in [3.8, 4) is 0 Å². The van der Waals surface area contributed by atoms with E-state index in [1.807, 2.05) is 0 Å². The molecule has 0 atom stereocenters. The van der Waals surface area contributed by atoms with E-state index in [1.54, 1.807) is 32.0 Å². The maximum atomic E-state index is 11.9. The zero-order valence-corrected chi connectivity index (χ0v) is 14.5. The second-order valence-electron chi connectivity index (χ2n) is 5.27. The monoisotopic (exact) mass is 363 g/mol. The topological polar surface area (TPSA) is 122 Å². The van der Waals surface area contributed by atoms with Gasteiger partial charge in [-0.05, 0) is 26.0 Å². The van der Waals surface area contributed by atoms with E-state index in [1.165, 1.54) is 6.07 Å². The highest BCUT2D eigenvalue weighted by Gasteiger charge is 2.13. The zero-order chi connectivity index (χ0) is 18.4. The lowest BCUT2D eigenvalue weighted by Gasteiger charge is -2.09. The van der Waals surface area contributed by atoms with Gasteiger partial charge in [-0.3, -0.25) is 9.59 Å². The number of carbonyl (C=O) groups is 3. The Hall–Kier alpha value is -2.81. The fraction of sp³-hybridized carbons (Fsp3) is 0.250. The van der Waals surface area contributed by atoms with Gasteiger partial charge in [0.25, 0.3) is 0 Å². The summed E-state index contributed by atoms with van der Waals surface area (Å²) in [5, 5.41) is 17.9. The number of carboxylic acids is 1. The van der Waals surface area contributed by atoms with Crippen molar-refractivity contribution >= 4 is 41.1 Å². The van der Waals surface area contributed by atoms with Crippen LogP contribution in [-0.4, -0.2) is 39.6 Å². The predicted molar refractivity (Wildman–Crippen MR) is 94.0 cm³/mol. The summed E-state index contributed by atoms with van der Waals surface area (Å²) in [6.07, 6.45) is 0. The lowest BCUT2D eigenvalue weighted by atomic mass is 10.1. The summed E-state index contributed by atoms with van der Waals surface area (Å²) in [5.74, 6) is -0.854. The Morgan fingerprint density at radius 1 is 1.12 bits per heavy atom. The number of benzene rings is 1. The first-order chi connectivity index (χ1) is 11.8. The average molecular weight is 363 g/mol. The Bertz CT molecular complexity index is 803. The van der Waals surface area contributed by atoms with Crippen molar-refractivity contribution in [2.45, 2.75) is 13.8 Å². The minimum absolute atomic E-state index is 0.0121. The van der Waals surface area contributed by atoms with E-state index in [0.29, 0.717) is 11.6 Å². The maximum absolute atomic E-state index is 11.9. The standard InChI is InChI=1S/C16H17N3O5S/c1-9-3-4-12(11(5-9)16(22)23)17-14(20)7-25-8-15(21)18-13-6-10(2)24-19-13/h3-6H,7-8H2,1-2H3,(H,17,20)(H,22,23)(H,18,19,21). The van der Waals surface area contributed by atoms with Gasteiger partial charge in [-0.1, -0.05) is 16.8 Å². The van der Waals surface area contributed by atoms with E-state index < -0.39 is 5.97 Å². The van der Waals surface area contributed by atoms with Crippen LogP contribution in [0.2, 0.25) is 0 Å². The third kappa shape index (κ3) is 5.64. The third-order valence-corrected chi connectivity index (χ3v) is 3.97. The molecule has 0 fully saturated rings. The number of aromatic carboxylic acids is 1. The first kappa shape index (κ1) is 18.5. The van der Waals surface area contributed by atoms with E-state index in [-0.39, 0.29) is 34.6 Å². The van der Waals surface area contributed by atoms with Crippen LogP contribution in [0.15, 0.2) is 28.8 Å². The number of rotatable bonds is 7. The van der Waals surface area contributed by atoms with E-state index in [4.69, 9.17) is 4.52 Å². The Morgan fingerprint density at radius 2 is 1.80 bits per heavy atom. The summed E-state index contributed by atoms with van der Waals surface area (Å²) >= 11 is 1.10. The van der Waals surface area contributed by atoms with E-state index in [9.17, 15) is 19.5 Å². The summed E-state index contributed by atoms with van der Waals surface area (Å²) in [5.41, 5.74) is 1.04. The highest BCUT2D eigenvalue weighted by molar-refractivity contribution is 8.00. The van der Waals surface area contributed by atoms with Crippen LogP contribution in [0.25, 0.3) is 0 Å². The van der Waals surface area contributed by atoms with E-state index >= 15 is 0 Å². The van der Waals surface area contributed by atoms with Crippen LogP contribution in [0.3, 0.4) is 0 Å². The molecule has 0 aliphatic heterocycles. The third-order valence-electron chi connectivity index (χ3n) is 3.04. The Balaban J connectivity index is 1.81. The molecule has 1 aromatic heterocycles. The van der Waals surface area contributed by atoms with Crippen molar-refractivity contribution in [2.24, 2.45) is 0 Å². The minimum atomic E-state index is -1.12. The van der Waals surface area contributed by atoms with Crippen molar-refractivity contribution in [1.29, 1.82) is 0 Å². The summed E-state index contributed by atoms with van der Waals surface area (Å²) < 4.78 is 4.83. The molecular formula is C16H17N3O5S. The lowest BCUT2D eigenvalue weighted by molar-refractivity contribution is -0.114. The molecule has 2 amide bonds. The average Bonchev–Trinajstić information content (AvgIpc) is 2.93. The molecule has 0 spiro atoms. The Kier molecular flexibility index (Phi) is 6.18. The number of hydrogen-bond donors (Lipinski definition) is 3. The highest BCUT2D eigenvalue weighted by atomic mass is 32.2. The van der Waals surface area contributed by atoms with E-state index in [0.717, 1.165) is 17.3 Å². The van der Waals surface area contributed by atoms with Gasteiger partial charge in [-0.2, -0.15) is 0 Å². The second kappa shape index (κ2) is 8.34. The van der Waals surface area contributed by atoms with Gasteiger partial charge in [-0.15, -0.1) is 11.8 Å². The van der Waals surface area contributed by atoms with Crippen LogP contribution in [0.4, 0.5) is 11.5 Å². The number of aromatic nitrogens is 1. The van der Waals surface area contributed by atoms with Crippen LogP contribution < -0.4 is 10.6 Å². The first-order valence-electron chi connectivity index (χ1n) is 7.30. The molecular weight excluding hydrogens is 346 g/mol. The molecule has 8 nitrogen and oxygen atoms in total. The van der Waals surface area contributed by atoms with Crippen molar-refractivity contribution in [3.05, 3.63) is 41.2 Å². The van der Waals surface area contributed by atoms with Gasteiger partial charge < -0.3 is 20.3 Å². The molecule has 132 valence electrons. The zero-order valence-electron chi connectivity index (χ0n) is 13.7. The number of amides is 2. The Labute approximate surface area is 148 Å². The van der Waals surface area contributed by atoms with Gasteiger partial charge in [0.15, 0.2) is 5.82 Å². The van der Waals surface area contributed by atoms with Crippen LogP contribution in [-0.2, 0) is 9.59 Å². The summed E-state index contributed by atoms with van der Waals surface area (Å²) in [6.45, 7) is 3.47. The number of nitrogens with one attached hydrogen (secondary N) is 2. The van der Waals surface area contributed by atoms with Crippen LogP contribution in [0.1, 0.15) is 21.7 Å². The van der Waals surface area contributed by atoms with Crippen molar-refractivity contribution in [1.82, 2.24) is 5.16 Å². The fourth-order valence-corrected chi connectivity index (χ4v) is 2.59. The van der Waals surface area contributed by atoms with Gasteiger partial charge in [-0.25, -0.2) is 4.79 Å². The smallest absolute Gasteiger partial charge is 0.337 e. The summed E-state index contributed by atoms with van der Waals surface area (Å²) in [7, 11) is 0. The number of carboxylic acid groups (broad SMARTS) is 1. The van der Waals surface area contributed by atoms with Gasteiger partial charge in [0.1, 0.15) is 5.76 Å². The molecule has 3 N–H and O–H groups in total. The number of hydrogen-bond acceptors (Lipinski definition) is 6.